The first-order valence-electron chi connectivity index (χ1n) is 9.05. The molecule has 8 nitrogen and oxygen atoms in total. The zero-order chi connectivity index (χ0) is 21.9. The van der Waals surface area contributed by atoms with E-state index in [9.17, 15) is 9.59 Å². The van der Waals surface area contributed by atoms with Crippen LogP contribution in [-0.4, -0.2) is 37.3 Å². The predicted molar refractivity (Wildman–Crippen MR) is 115 cm³/mol. The van der Waals surface area contributed by atoms with Gasteiger partial charge in [-0.05, 0) is 43.8 Å². The standard InChI is InChI=1S/C21H23ClN4O4/c1-14-4-3-5-16(12-14)20(23)26-30-15(2)21(28)25-11-10-24-19(27)13-29-18-8-6-17(22)7-9-18/h3-9,12H,2,10-11,13H2,1H3,(H2,23,26)(H,24,27)(H,25,28). The average Bonchev–Trinajstić information content (AvgIpc) is 2.74. The Morgan fingerprint density at radius 3 is 2.53 bits per heavy atom. The second kappa shape index (κ2) is 11.5. The van der Waals surface area contributed by atoms with Crippen LogP contribution in [0.5, 0.6) is 5.75 Å². The van der Waals surface area contributed by atoms with E-state index in [1.165, 1.54) is 0 Å². The number of nitrogens with zero attached hydrogens (tertiary/aromatic N) is 1. The summed E-state index contributed by atoms with van der Waals surface area (Å²) in [4.78, 5) is 28.7. The summed E-state index contributed by atoms with van der Waals surface area (Å²) in [5.74, 6) is -0.461. The van der Waals surface area contributed by atoms with Crippen LogP contribution in [0.4, 0.5) is 0 Å². The van der Waals surface area contributed by atoms with Crippen LogP contribution in [0.3, 0.4) is 0 Å². The van der Waals surface area contributed by atoms with E-state index < -0.39 is 5.91 Å². The fourth-order valence-electron chi connectivity index (χ4n) is 2.21. The first-order chi connectivity index (χ1) is 14.3. The van der Waals surface area contributed by atoms with Crippen LogP contribution >= 0.6 is 11.6 Å². The number of oxime groups is 1. The van der Waals surface area contributed by atoms with E-state index in [1.807, 2.05) is 25.1 Å². The highest BCUT2D eigenvalue weighted by Gasteiger charge is 2.09. The monoisotopic (exact) mass is 430 g/mol. The number of carbonyl (C=O) groups excluding carboxylic acids is 2. The Labute approximate surface area is 179 Å². The molecule has 0 saturated carbocycles. The summed E-state index contributed by atoms with van der Waals surface area (Å²) in [5, 5.41) is 9.45. The molecule has 2 amide bonds. The van der Waals surface area contributed by atoms with Gasteiger partial charge in [-0.3, -0.25) is 9.59 Å². The quantitative estimate of drug-likeness (QED) is 0.133. The Kier molecular flexibility index (Phi) is 8.71. The Morgan fingerprint density at radius 2 is 1.83 bits per heavy atom. The van der Waals surface area contributed by atoms with Crippen LogP contribution in [0.1, 0.15) is 11.1 Å². The zero-order valence-corrected chi connectivity index (χ0v) is 17.2. The number of carbonyl (C=O) groups is 2. The largest absolute Gasteiger partial charge is 0.484 e. The van der Waals surface area contributed by atoms with Crippen LogP contribution in [0, 0.1) is 6.92 Å². The average molecular weight is 431 g/mol. The SMILES string of the molecule is C=C(O/N=C(\N)c1cccc(C)c1)C(=O)NCCNC(=O)COc1ccc(Cl)cc1. The molecule has 30 heavy (non-hydrogen) atoms. The third kappa shape index (κ3) is 7.84. The summed E-state index contributed by atoms with van der Waals surface area (Å²) < 4.78 is 5.32. The van der Waals surface area contributed by atoms with Gasteiger partial charge in [0.05, 0.1) is 0 Å². The van der Waals surface area contributed by atoms with Gasteiger partial charge in [-0.25, -0.2) is 0 Å². The number of halogens is 1. The molecule has 0 unspecified atom stereocenters. The molecule has 9 heteroatoms. The van der Waals surface area contributed by atoms with Crippen LogP contribution in [-0.2, 0) is 14.4 Å². The minimum absolute atomic E-state index is 0.126. The van der Waals surface area contributed by atoms with Gasteiger partial charge < -0.3 is 25.9 Å². The van der Waals surface area contributed by atoms with E-state index in [1.54, 1.807) is 30.3 Å². The number of amides is 2. The van der Waals surface area contributed by atoms with E-state index >= 15 is 0 Å². The zero-order valence-electron chi connectivity index (χ0n) is 16.5. The van der Waals surface area contributed by atoms with Crippen molar-refractivity contribution in [2.75, 3.05) is 19.7 Å². The fourth-order valence-corrected chi connectivity index (χ4v) is 2.34. The second-order valence-electron chi connectivity index (χ2n) is 6.21. The van der Waals surface area contributed by atoms with Gasteiger partial charge in [0.25, 0.3) is 11.8 Å². The summed E-state index contributed by atoms with van der Waals surface area (Å²) >= 11 is 5.78. The highest BCUT2D eigenvalue weighted by molar-refractivity contribution is 6.30. The highest BCUT2D eigenvalue weighted by Crippen LogP contribution is 2.15. The summed E-state index contributed by atoms with van der Waals surface area (Å²) in [5.41, 5.74) is 7.52. The number of amidine groups is 1. The van der Waals surface area contributed by atoms with E-state index in [0.29, 0.717) is 16.3 Å². The maximum atomic E-state index is 11.9. The van der Waals surface area contributed by atoms with Crippen molar-refractivity contribution in [2.24, 2.45) is 10.9 Å². The van der Waals surface area contributed by atoms with Gasteiger partial charge in [0.1, 0.15) is 5.75 Å². The van der Waals surface area contributed by atoms with Crippen molar-refractivity contribution in [2.45, 2.75) is 6.92 Å². The molecule has 0 fully saturated rings. The molecule has 0 aliphatic rings. The van der Waals surface area contributed by atoms with Crippen molar-refractivity contribution < 1.29 is 19.2 Å². The lowest BCUT2D eigenvalue weighted by molar-refractivity contribution is -0.124. The predicted octanol–water partition coefficient (Wildman–Crippen LogP) is 2.11. The number of nitrogens with two attached hydrogens (primary N) is 1. The molecule has 2 rings (SSSR count). The molecule has 0 aromatic heterocycles. The number of nitrogens with one attached hydrogen (secondary N) is 2. The van der Waals surface area contributed by atoms with Crippen molar-refractivity contribution >= 4 is 29.3 Å². The number of hydrogen-bond donors (Lipinski definition) is 3. The number of aryl methyl sites for hydroxylation is 1. The number of ether oxygens (including phenoxy) is 1. The smallest absolute Gasteiger partial charge is 0.289 e. The number of benzene rings is 2. The summed E-state index contributed by atoms with van der Waals surface area (Å²) in [6, 6.07) is 14.0. The van der Waals surface area contributed by atoms with Crippen LogP contribution in [0.25, 0.3) is 0 Å². The third-order valence-electron chi connectivity index (χ3n) is 3.74. The minimum Gasteiger partial charge on any atom is -0.484 e. The Hall–Kier alpha value is -3.52. The molecule has 0 heterocycles. The molecule has 158 valence electrons. The normalized spacial score (nSPS) is 10.8. The van der Waals surface area contributed by atoms with Gasteiger partial charge in [-0.15, -0.1) is 0 Å². The molecular weight excluding hydrogens is 408 g/mol. The molecule has 0 saturated heterocycles. The lowest BCUT2D eigenvalue weighted by Crippen LogP contribution is -2.37. The molecule has 0 atom stereocenters. The van der Waals surface area contributed by atoms with E-state index in [2.05, 4.69) is 22.4 Å². The maximum absolute atomic E-state index is 11.9. The van der Waals surface area contributed by atoms with E-state index in [-0.39, 0.29) is 37.2 Å². The molecule has 2 aromatic rings. The third-order valence-corrected chi connectivity index (χ3v) is 3.99. The van der Waals surface area contributed by atoms with Gasteiger partial charge in [-0.1, -0.05) is 40.5 Å². The van der Waals surface area contributed by atoms with Crippen molar-refractivity contribution in [3.63, 3.8) is 0 Å². The molecule has 2 aromatic carbocycles. The van der Waals surface area contributed by atoms with E-state index in [0.717, 1.165) is 5.56 Å². The Bertz CT molecular complexity index is 929. The Balaban J connectivity index is 1.64. The van der Waals surface area contributed by atoms with Gasteiger partial charge >= 0.3 is 0 Å². The van der Waals surface area contributed by atoms with Gasteiger partial charge in [0.2, 0.25) is 5.76 Å². The van der Waals surface area contributed by atoms with Gasteiger partial charge in [0.15, 0.2) is 12.4 Å². The second-order valence-corrected chi connectivity index (χ2v) is 6.65. The molecular formula is C21H23ClN4O4. The van der Waals surface area contributed by atoms with Crippen LogP contribution in [0.15, 0.2) is 66.0 Å². The molecule has 4 N–H and O–H groups in total. The van der Waals surface area contributed by atoms with Gasteiger partial charge in [0, 0.05) is 23.7 Å². The summed E-state index contributed by atoms with van der Waals surface area (Å²) in [7, 11) is 0. The fraction of sp³-hybridized carbons (Fsp3) is 0.190. The molecule has 0 radical (unpaired) electrons. The Morgan fingerprint density at radius 1 is 1.13 bits per heavy atom. The lowest BCUT2D eigenvalue weighted by Gasteiger charge is -2.09. The molecule has 0 spiro atoms. The first kappa shape index (κ1) is 22.8. The number of hydrogen-bond acceptors (Lipinski definition) is 5. The minimum atomic E-state index is -0.567. The number of rotatable bonds is 10. The molecule has 0 bridgehead atoms. The lowest BCUT2D eigenvalue weighted by atomic mass is 10.1. The topological polar surface area (TPSA) is 115 Å². The summed E-state index contributed by atoms with van der Waals surface area (Å²) in [6.45, 7) is 5.65. The van der Waals surface area contributed by atoms with Crippen LogP contribution < -0.4 is 21.1 Å². The molecule has 0 aliphatic carbocycles. The summed E-state index contributed by atoms with van der Waals surface area (Å²) in [6.07, 6.45) is 0. The first-order valence-corrected chi connectivity index (χ1v) is 9.42. The maximum Gasteiger partial charge on any atom is 0.289 e. The highest BCUT2D eigenvalue weighted by atomic mass is 35.5. The van der Waals surface area contributed by atoms with Gasteiger partial charge in [-0.2, -0.15) is 0 Å². The van der Waals surface area contributed by atoms with Crippen molar-refractivity contribution in [3.05, 3.63) is 77.0 Å². The van der Waals surface area contributed by atoms with Crippen molar-refractivity contribution in [1.29, 1.82) is 0 Å². The molecule has 0 aliphatic heterocycles. The van der Waals surface area contributed by atoms with Crippen LogP contribution in [0.2, 0.25) is 5.02 Å². The van der Waals surface area contributed by atoms with E-state index in [4.69, 9.17) is 26.9 Å². The van der Waals surface area contributed by atoms with Crippen molar-refractivity contribution in [1.82, 2.24) is 10.6 Å². The van der Waals surface area contributed by atoms with Crippen molar-refractivity contribution in [3.8, 4) is 5.75 Å².